The number of nitro groups is 1. The van der Waals surface area contributed by atoms with Gasteiger partial charge in [0.25, 0.3) is 5.69 Å². The molecular weight excluding hydrogens is 280 g/mol. The third kappa shape index (κ3) is 5.58. The first-order valence-electron chi connectivity index (χ1n) is 6.26. The van der Waals surface area contributed by atoms with Gasteiger partial charge in [0.2, 0.25) is 0 Å². The standard InChI is InChI=1S/C13H18N2O4S/c1-9(2)14-12(13(16)17)7-8-20-11-5-3-10(4-6-11)15(18)19/h3-6,9,12,14H,7-8H2,1-2H3,(H,16,17). The second-order valence-electron chi connectivity index (χ2n) is 4.60. The van der Waals surface area contributed by atoms with Crippen molar-refractivity contribution in [3.05, 3.63) is 34.4 Å². The fraction of sp³-hybridized carbons (Fsp3) is 0.462. The van der Waals surface area contributed by atoms with Crippen molar-refractivity contribution in [3.63, 3.8) is 0 Å². The lowest BCUT2D eigenvalue weighted by Gasteiger charge is -2.16. The molecule has 7 heteroatoms. The molecule has 0 aliphatic heterocycles. The number of nitrogens with zero attached hydrogens (tertiary/aromatic N) is 1. The van der Waals surface area contributed by atoms with E-state index in [-0.39, 0.29) is 11.7 Å². The molecule has 1 rings (SSSR count). The predicted molar refractivity (Wildman–Crippen MR) is 78.1 cm³/mol. The number of rotatable bonds is 8. The number of nitrogens with one attached hydrogen (secondary N) is 1. The average molecular weight is 298 g/mol. The van der Waals surface area contributed by atoms with Crippen LogP contribution in [0.1, 0.15) is 20.3 Å². The van der Waals surface area contributed by atoms with Crippen LogP contribution in [0.15, 0.2) is 29.2 Å². The smallest absolute Gasteiger partial charge is 0.320 e. The number of thioether (sulfide) groups is 1. The van der Waals surface area contributed by atoms with E-state index in [9.17, 15) is 14.9 Å². The highest BCUT2D eigenvalue weighted by atomic mass is 32.2. The summed E-state index contributed by atoms with van der Waals surface area (Å²) in [7, 11) is 0. The van der Waals surface area contributed by atoms with E-state index >= 15 is 0 Å². The van der Waals surface area contributed by atoms with Gasteiger partial charge >= 0.3 is 5.97 Å². The number of carboxylic acids is 1. The van der Waals surface area contributed by atoms with E-state index in [1.54, 1.807) is 12.1 Å². The SMILES string of the molecule is CC(C)NC(CCSc1ccc([N+](=O)[O-])cc1)C(=O)O. The van der Waals surface area contributed by atoms with Crippen LogP contribution in [0.2, 0.25) is 0 Å². The highest BCUT2D eigenvalue weighted by molar-refractivity contribution is 7.99. The Morgan fingerprint density at radius 3 is 2.45 bits per heavy atom. The minimum atomic E-state index is -0.858. The molecule has 0 radical (unpaired) electrons. The first kappa shape index (κ1) is 16.5. The zero-order valence-electron chi connectivity index (χ0n) is 11.4. The second kappa shape index (κ2) is 7.86. The molecule has 1 unspecified atom stereocenters. The number of non-ortho nitro benzene ring substituents is 1. The molecule has 0 saturated carbocycles. The summed E-state index contributed by atoms with van der Waals surface area (Å²) in [6.45, 7) is 3.80. The van der Waals surface area contributed by atoms with Crippen molar-refractivity contribution in [1.82, 2.24) is 5.32 Å². The van der Waals surface area contributed by atoms with E-state index in [0.29, 0.717) is 12.2 Å². The third-order valence-electron chi connectivity index (χ3n) is 2.56. The van der Waals surface area contributed by atoms with Crippen molar-refractivity contribution in [1.29, 1.82) is 0 Å². The Hall–Kier alpha value is -1.60. The summed E-state index contributed by atoms with van der Waals surface area (Å²) < 4.78 is 0. The van der Waals surface area contributed by atoms with E-state index in [1.807, 2.05) is 13.8 Å². The molecule has 1 atom stereocenters. The zero-order valence-corrected chi connectivity index (χ0v) is 12.2. The number of hydrogen-bond acceptors (Lipinski definition) is 5. The van der Waals surface area contributed by atoms with Gasteiger partial charge in [0, 0.05) is 28.8 Å². The van der Waals surface area contributed by atoms with Crippen LogP contribution in [-0.2, 0) is 4.79 Å². The summed E-state index contributed by atoms with van der Waals surface area (Å²) in [5, 5.41) is 22.6. The molecule has 1 aromatic rings. The number of aliphatic carboxylic acids is 1. The second-order valence-corrected chi connectivity index (χ2v) is 5.77. The quantitative estimate of drug-likeness (QED) is 0.435. The maximum atomic E-state index is 11.1. The van der Waals surface area contributed by atoms with Crippen LogP contribution in [0.3, 0.4) is 0 Å². The molecule has 2 N–H and O–H groups in total. The Morgan fingerprint density at radius 2 is 2.00 bits per heavy atom. The van der Waals surface area contributed by atoms with E-state index in [0.717, 1.165) is 4.90 Å². The summed E-state index contributed by atoms with van der Waals surface area (Å²) in [6.07, 6.45) is 0.495. The lowest BCUT2D eigenvalue weighted by Crippen LogP contribution is -2.41. The number of carboxylic acid groups (broad SMARTS) is 1. The van der Waals surface area contributed by atoms with Gasteiger partial charge in [-0.05, 0) is 18.6 Å². The van der Waals surface area contributed by atoms with Crippen molar-refractivity contribution in [2.75, 3.05) is 5.75 Å². The van der Waals surface area contributed by atoms with Crippen LogP contribution in [-0.4, -0.2) is 33.8 Å². The highest BCUT2D eigenvalue weighted by Gasteiger charge is 2.17. The molecule has 6 nitrogen and oxygen atoms in total. The fourth-order valence-electron chi connectivity index (χ4n) is 1.64. The van der Waals surface area contributed by atoms with Gasteiger partial charge in [-0.1, -0.05) is 13.8 Å². The van der Waals surface area contributed by atoms with E-state index in [2.05, 4.69) is 5.32 Å². The highest BCUT2D eigenvalue weighted by Crippen LogP contribution is 2.22. The molecule has 0 heterocycles. The van der Waals surface area contributed by atoms with Crippen LogP contribution < -0.4 is 5.32 Å². The molecule has 0 saturated heterocycles. The number of hydrogen-bond donors (Lipinski definition) is 2. The molecule has 110 valence electrons. The Morgan fingerprint density at radius 1 is 1.40 bits per heavy atom. The van der Waals surface area contributed by atoms with Crippen LogP contribution in [0.5, 0.6) is 0 Å². The number of benzene rings is 1. The van der Waals surface area contributed by atoms with Crippen molar-refractivity contribution >= 4 is 23.4 Å². The van der Waals surface area contributed by atoms with Crippen molar-refractivity contribution in [2.24, 2.45) is 0 Å². The summed E-state index contributed by atoms with van der Waals surface area (Å²) >= 11 is 1.49. The molecule has 1 aromatic carbocycles. The Kier molecular flexibility index (Phi) is 6.47. The summed E-state index contributed by atoms with van der Waals surface area (Å²) in [5.41, 5.74) is 0.0548. The van der Waals surface area contributed by atoms with Gasteiger partial charge in [-0.2, -0.15) is 0 Å². The van der Waals surface area contributed by atoms with Crippen LogP contribution >= 0.6 is 11.8 Å². The van der Waals surface area contributed by atoms with Crippen molar-refractivity contribution < 1.29 is 14.8 Å². The predicted octanol–water partition coefficient (Wildman–Crippen LogP) is 2.53. The Labute approximate surface area is 121 Å². The number of nitro benzene ring substituents is 1. The van der Waals surface area contributed by atoms with Crippen LogP contribution in [0.4, 0.5) is 5.69 Å². The molecule has 0 fully saturated rings. The largest absolute Gasteiger partial charge is 0.480 e. The van der Waals surface area contributed by atoms with Gasteiger partial charge in [-0.3, -0.25) is 14.9 Å². The fourth-order valence-corrected chi connectivity index (χ4v) is 2.56. The zero-order chi connectivity index (χ0) is 15.1. The molecule has 20 heavy (non-hydrogen) atoms. The third-order valence-corrected chi connectivity index (χ3v) is 3.60. The van der Waals surface area contributed by atoms with Crippen molar-refractivity contribution in [3.8, 4) is 0 Å². The topological polar surface area (TPSA) is 92.5 Å². The maximum Gasteiger partial charge on any atom is 0.320 e. The Balaban J connectivity index is 2.46. The van der Waals surface area contributed by atoms with Gasteiger partial charge in [-0.25, -0.2) is 0 Å². The summed E-state index contributed by atoms with van der Waals surface area (Å²) in [4.78, 5) is 22.0. The first-order chi connectivity index (χ1) is 9.40. The average Bonchev–Trinajstić information content (AvgIpc) is 2.37. The van der Waals surface area contributed by atoms with Gasteiger partial charge in [0.15, 0.2) is 0 Å². The minimum Gasteiger partial charge on any atom is -0.480 e. The maximum absolute atomic E-state index is 11.1. The van der Waals surface area contributed by atoms with Crippen LogP contribution in [0, 0.1) is 10.1 Å². The van der Waals surface area contributed by atoms with E-state index in [1.165, 1.54) is 23.9 Å². The van der Waals surface area contributed by atoms with Gasteiger partial charge in [-0.15, -0.1) is 11.8 Å². The van der Waals surface area contributed by atoms with E-state index < -0.39 is 16.9 Å². The molecule has 0 spiro atoms. The molecular formula is C13H18N2O4S. The Bertz CT molecular complexity index is 462. The molecule has 0 aromatic heterocycles. The van der Waals surface area contributed by atoms with Gasteiger partial charge < -0.3 is 10.4 Å². The summed E-state index contributed by atoms with van der Waals surface area (Å²) in [6, 6.07) is 5.79. The first-order valence-corrected chi connectivity index (χ1v) is 7.25. The monoisotopic (exact) mass is 298 g/mol. The molecule has 0 bridgehead atoms. The van der Waals surface area contributed by atoms with Crippen LogP contribution in [0.25, 0.3) is 0 Å². The summed E-state index contributed by atoms with van der Waals surface area (Å²) in [5.74, 6) is -0.225. The minimum absolute atomic E-state index is 0.0548. The lowest BCUT2D eigenvalue weighted by molar-refractivity contribution is -0.384. The molecule has 0 amide bonds. The van der Waals surface area contributed by atoms with Crippen molar-refractivity contribution in [2.45, 2.75) is 37.2 Å². The van der Waals surface area contributed by atoms with E-state index in [4.69, 9.17) is 5.11 Å². The molecule has 0 aliphatic rings. The van der Waals surface area contributed by atoms with Gasteiger partial charge in [0.05, 0.1) is 4.92 Å². The number of carbonyl (C=O) groups is 1. The van der Waals surface area contributed by atoms with Gasteiger partial charge in [0.1, 0.15) is 6.04 Å². The molecule has 0 aliphatic carbocycles. The lowest BCUT2D eigenvalue weighted by atomic mass is 10.2. The normalized spacial score (nSPS) is 12.3.